The van der Waals surface area contributed by atoms with Crippen LogP contribution in [0.2, 0.25) is 0 Å². The van der Waals surface area contributed by atoms with Crippen molar-refractivity contribution in [3.63, 3.8) is 0 Å². The summed E-state index contributed by atoms with van der Waals surface area (Å²) in [7, 11) is 0. The molecule has 0 amide bonds. The topological polar surface area (TPSA) is 0 Å². The van der Waals surface area contributed by atoms with Crippen LogP contribution in [0.15, 0.2) is 48.5 Å². The molecule has 0 fully saturated rings. The van der Waals surface area contributed by atoms with Crippen LogP contribution in [0, 0.1) is 41.5 Å². The van der Waals surface area contributed by atoms with E-state index in [-0.39, 0.29) is 0 Å². The smallest absolute Gasteiger partial charge is 0.0149 e. The van der Waals surface area contributed by atoms with Crippen molar-refractivity contribution in [2.45, 2.75) is 41.5 Å². The molecule has 0 N–H and O–H groups in total. The molecule has 3 rings (SSSR count). The second-order valence-electron chi connectivity index (χ2n) is 6.96. The third-order valence-corrected chi connectivity index (χ3v) is 5.50. The second-order valence-corrected chi connectivity index (χ2v) is 6.96. The van der Waals surface area contributed by atoms with Gasteiger partial charge in [-0.2, -0.15) is 0 Å². The van der Waals surface area contributed by atoms with E-state index >= 15 is 0 Å². The van der Waals surface area contributed by atoms with Crippen LogP contribution in [0.5, 0.6) is 0 Å². The monoisotopic (exact) mass is 314 g/mol. The Morgan fingerprint density at radius 1 is 0.417 bits per heavy atom. The number of rotatable bonds is 2. The van der Waals surface area contributed by atoms with Gasteiger partial charge in [-0.25, -0.2) is 0 Å². The third-order valence-electron chi connectivity index (χ3n) is 5.50. The predicted molar refractivity (Wildman–Crippen MR) is 106 cm³/mol. The van der Waals surface area contributed by atoms with Gasteiger partial charge >= 0.3 is 0 Å². The van der Waals surface area contributed by atoms with Gasteiger partial charge in [-0.3, -0.25) is 0 Å². The summed E-state index contributed by atoms with van der Waals surface area (Å²) >= 11 is 0. The van der Waals surface area contributed by atoms with Crippen LogP contribution >= 0.6 is 0 Å². The van der Waals surface area contributed by atoms with Crippen LogP contribution in [0.1, 0.15) is 33.4 Å². The Kier molecular flexibility index (Phi) is 4.32. The Morgan fingerprint density at radius 2 is 0.875 bits per heavy atom. The van der Waals surface area contributed by atoms with E-state index in [0.29, 0.717) is 0 Å². The molecule has 0 radical (unpaired) electrons. The maximum absolute atomic E-state index is 2.29. The summed E-state index contributed by atoms with van der Waals surface area (Å²) in [4.78, 5) is 0. The van der Waals surface area contributed by atoms with E-state index in [1.165, 1.54) is 55.6 Å². The van der Waals surface area contributed by atoms with E-state index in [9.17, 15) is 0 Å². The molecule has 0 nitrogen and oxygen atoms in total. The molecule has 3 aromatic rings. The summed E-state index contributed by atoms with van der Waals surface area (Å²) < 4.78 is 0. The lowest BCUT2D eigenvalue weighted by Crippen LogP contribution is -1.96. The number of hydrogen-bond donors (Lipinski definition) is 0. The van der Waals surface area contributed by atoms with E-state index in [1.807, 2.05) is 0 Å². The fourth-order valence-corrected chi connectivity index (χ4v) is 3.41. The molecule has 0 saturated carbocycles. The molecule has 0 aliphatic carbocycles. The van der Waals surface area contributed by atoms with E-state index < -0.39 is 0 Å². The Labute approximate surface area is 146 Å². The van der Waals surface area contributed by atoms with Gasteiger partial charge in [-0.15, -0.1) is 0 Å². The molecular formula is C24H26. The van der Waals surface area contributed by atoms with Crippen molar-refractivity contribution in [1.29, 1.82) is 0 Å². The summed E-state index contributed by atoms with van der Waals surface area (Å²) in [5, 5.41) is 0. The van der Waals surface area contributed by atoms with E-state index in [2.05, 4.69) is 90.1 Å². The zero-order valence-corrected chi connectivity index (χ0v) is 15.6. The first-order chi connectivity index (χ1) is 11.4. The van der Waals surface area contributed by atoms with Gasteiger partial charge in [-0.1, -0.05) is 54.1 Å². The van der Waals surface area contributed by atoms with Crippen molar-refractivity contribution in [2.24, 2.45) is 0 Å². The maximum Gasteiger partial charge on any atom is -0.0149 e. The standard InChI is InChI=1S/C24H26/c1-15-7-10-21(11-8-15)22-13-14-24(20(6)19(22)5)23-12-9-16(2)17(3)18(23)4/h7-14H,1-6H3. The van der Waals surface area contributed by atoms with Crippen LogP contribution in [0.3, 0.4) is 0 Å². The van der Waals surface area contributed by atoms with Gasteiger partial charge in [0.1, 0.15) is 0 Å². The Bertz CT molecular complexity index is 896. The third kappa shape index (κ3) is 2.78. The number of benzene rings is 3. The predicted octanol–water partition coefficient (Wildman–Crippen LogP) is 6.87. The number of hydrogen-bond acceptors (Lipinski definition) is 0. The highest BCUT2D eigenvalue weighted by atomic mass is 14.2. The molecule has 0 saturated heterocycles. The molecule has 0 aliphatic rings. The van der Waals surface area contributed by atoms with E-state index in [1.54, 1.807) is 0 Å². The van der Waals surface area contributed by atoms with Crippen LogP contribution in [-0.4, -0.2) is 0 Å². The largest absolute Gasteiger partial charge is 0.0587 e. The minimum Gasteiger partial charge on any atom is -0.0587 e. The molecule has 0 spiro atoms. The minimum atomic E-state index is 1.30. The quantitative estimate of drug-likeness (QED) is 0.484. The van der Waals surface area contributed by atoms with Gasteiger partial charge in [0, 0.05) is 0 Å². The molecule has 0 aromatic heterocycles. The van der Waals surface area contributed by atoms with Gasteiger partial charge in [0.2, 0.25) is 0 Å². The summed E-state index contributed by atoms with van der Waals surface area (Å²) in [6.07, 6.45) is 0. The normalized spacial score (nSPS) is 10.9. The molecule has 3 aromatic carbocycles. The van der Waals surface area contributed by atoms with Crippen molar-refractivity contribution in [1.82, 2.24) is 0 Å². The molecule has 0 heterocycles. The molecule has 0 atom stereocenters. The lowest BCUT2D eigenvalue weighted by Gasteiger charge is -2.17. The summed E-state index contributed by atoms with van der Waals surface area (Å²) in [5.74, 6) is 0. The molecule has 0 heteroatoms. The SMILES string of the molecule is Cc1ccc(-c2ccc(-c3ccc(C)c(C)c3C)c(C)c2C)cc1. The minimum absolute atomic E-state index is 1.30. The average Bonchev–Trinajstić information content (AvgIpc) is 2.57. The van der Waals surface area contributed by atoms with Crippen molar-refractivity contribution < 1.29 is 0 Å². The van der Waals surface area contributed by atoms with Crippen molar-refractivity contribution in [3.8, 4) is 22.3 Å². The van der Waals surface area contributed by atoms with Gasteiger partial charge in [0.25, 0.3) is 0 Å². The van der Waals surface area contributed by atoms with E-state index in [4.69, 9.17) is 0 Å². The van der Waals surface area contributed by atoms with Gasteiger partial charge in [0.15, 0.2) is 0 Å². The molecule has 0 bridgehead atoms. The second kappa shape index (κ2) is 6.28. The fraction of sp³-hybridized carbons (Fsp3) is 0.250. The highest BCUT2D eigenvalue weighted by Crippen LogP contribution is 2.35. The fourth-order valence-electron chi connectivity index (χ4n) is 3.41. The highest BCUT2D eigenvalue weighted by molar-refractivity contribution is 5.79. The first-order valence-electron chi connectivity index (χ1n) is 8.64. The van der Waals surface area contributed by atoms with Crippen LogP contribution in [0.4, 0.5) is 0 Å². The lowest BCUT2D eigenvalue weighted by atomic mass is 9.87. The zero-order chi connectivity index (χ0) is 17.4. The first-order valence-corrected chi connectivity index (χ1v) is 8.64. The molecule has 0 aliphatic heterocycles. The highest BCUT2D eigenvalue weighted by Gasteiger charge is 2.12. The molecular weight excluding hydrogens is 288 g/mol. The molecule has 0 unspecified atom stereocenters. The van der Waals surface area contributed by atoms with Crippen molar-refractivity contribution in [3.05, 3.63) is 81.9 Å². The van der Waals surface area contributed by atoms with Crippen molar-refractivity contribution in [2.75, 3.05) is 0 Å². The molecule has 122 valence electrons. The van der Waals surface area contributed by atoms with Crippen LogP contribution in [-0.2, 0) is 0 Å². The van der Waals surface area contributed by atoms with Crippen molar-refractivity contribution >= 4 is 0 Å². The average molecular weight is 314 g/mol. The summed E-state index contributed by atoms with van der Waals surface area (Å²) in [5.41, 5.74) is 13.5. The van der Waals surface area contributed by atoms with Crippen LogP contribution in [0.25, 0.3) is 22.3 Å². The van der Waals surface area contributed by atoms with Gasteiger partial charge < -0.3 is 0 Å². The summed E-state index contributed by atoms with van der Waals surface area (Å²) in [6.45, 7) is 13.3. The Balaban J connectivity index is 2.15. The zero-order valence-electron chi connectivity index (χ0n) is 15.6. The summed E-state index contributed by atoms with van der Waals surface area (Å²) in [6, 6.07) is 17.9. The molecule has 24 heavy (non-hydrogen) atoms. The lowest BCUT2D eigenvalue weighted by molar-refractivity contribution is 1.25. The van der Waals surface area contributed by atoms with E-state index in [0.717, 1.165) is 0 Å². The van der Waals surface area contributed by atoms with Crippen LogP contribution < -0.4 is 0 Å². The number of aryl methyl sites for hydroxylation is 2. The Hall–Kier alpha value is -2.34. The Morgan fingerprint density at radius 3 is 1.50 bits per heavy atom. The first kappa shape index (κ1) is 16.5. The van der Waals surface area contributed by atoms with Gasteiger partial charge in [-0.05, 0) is 91.6 Å². The van der Waals surface area contributed by atoms with Gasteiger partial charge in [0.05, 0.1) is 0 Å². The maximum atomic E-state index is 2.29.